The van der Waals surface area contributed by atoms with E-state index in [0.717, 1.165) is 44.4 Å². The molecule has 0 bridgehead atoms. The largest absolute Gasteiger partial charge is 0.339 e. The molecule has 0 aromatic carbocycles. The predicted octanol–water partition coefficient (Wildman–Crippen LogP) is -0.293. The third-order valence-electron chi connectivity index (χ3n) is 3.24. The highest BCUT2D eigenvalue weighted by atomic mass is 32.2. The molecule has 0 saturated carbocycles. The summed E-state index contributed by atoms with van der Waals surface area (Å²) in [5, 5.41) is 11.7. The molecule has 0 spiro atoms. The molecule has 17 heavy (non-hydrogen) atoms. The van der Waals surface area contributed by atoms with Crippen LogP contribution in [0, 0.1) is 11.3 Å². The van der Waals surface area contributed by atoms with Gasteiger partial charge in [-0.3, -0.25) is 15.0 Å². The molecule has 1 atom stereocenters. The van der Waals surface area contributed by atoms with E-state index < -0.39 is 0 Å². The van der Waals surface area contributed by atoms with Gasteiger partial charge in [0, 0.05) is 50.8 Å². The topological polar surface area (TPSA) is 59.4 Å². The van der Waals surface area contributed by atoms with E-state index in [1.54, 1.807) is 11.8 Å². The van der Waals surface area contributed by atoms with Gasteiger partial charge in [0.15, 0.2) is 0 Å². The van der Waals surface area contributed by atoms with Gasteiger partial charge >= 0.3 is 0 Å². The molecule has 2 fully saturated rings. The molecule has 1 amide bonds. The lowest BCUT2D eigenvalue weighted by atomic mass is 10.2. The summed E-state index contributed by atoms with van der Waals surface area (Å²) in [7, 11) is 0. The average molecular weight is 254 g/mol. The first-order chi connectivity index (χ1) is 8.31. The second kappa shape index (κ2) is 6.24. The molecule has 6 heteroatoms. The highest BCUT2D eigenvalue weighted by molar-refractivity contribution is 7.99. The molecule has 2 aliphatic rings. The third-order valence-corrected chi connectivity index (χ3v) is 4.18. The van der Waals surface area contributed by atoms with Crippen LogP contribution in [0.5, 0.6) is 0 Å². The maximum absolute atomic E-state index is 12.1. The van der Waals surface area contributed by atoms with Crippen molar-refractivity contribution in [1.82, 2.24) is 15.1 Å². The molecule has 0 aromatic heterocycles. The second-order valence-electron chi connectivity index (χ2n) is 4.35. The van der Waals surface area contributed by atoms with E-state index in [-0.39, 0.29) is 11.9 Å². The average Bonchev–Trinajstić information content (AvgIpc) is 2.90. The zero-order valence-corrected chi connectivity index (χ0v) is 10.7. The Morgan fingerprint density at radius 3 is 2.76 bits per heavy atom. The van der Waals surface area contributed by atoms with Gasteiger partial charge in [-0.25, -0.2) is 0 Å². The summed E-state index contributed by atoms with van der Waals surface area (Å²) >= 11 is 1.78. The van der Waals surface area contributed by atoms with Gasteiger partial charge in [0.2, 0.25) is 5.91 Å². The Kier molecular flexibility index (Phi) is 4.66. The Bertz CT molecular complexity index is 303. The van der Waals surface area contributed by atoms with Gasteiger partial charge in [-0.1, -0.05) is 0 Å². The fourth-order valence-electron chi connectivity index (χ4n) is 2.17. The fraction of sp³-hybridized carbons (Fsp3) is 0.818. The smallest absolute Gasteiger partial charge is 0.240 e. The standard InChI is InChI=1S/C11H18N4OS/c12-2-1-3-14-4-6-15(7-5-14)11(16)10-8-17-9-13-10/h10,13H,1,3-9H2. The molecule has 0 aromatic rings. The molecule has 2 heterocycles. The molecule has 2 aliphatic heterocycles. The summed E-state index contributed by atoms with van der Waals surface area (Å²) in [4.78, 5) is 16.3. The fourth-order valence-corrected chi connectivity index (χ4v) is 3.11. The molecule has 94 valence electrons. The van der Waals surface area contributed by atoms with Crippen molar-refractivity contribution in [2.24, 2.45) is 0 Å². The Morgan fingerprint density at radius 2 is 2.18 bits per heavy atom. The lowest BCUT2D eigenvalue weighted by Crippen LogP contribution is -2.53. The van der Waals surface area contributed by atoms with E-state index in [4.69, 9.17) is 5.26 Å². The summed E-state index contributed by atoms with van der Waals surface area (Å²) in [6, 6.07) is 2.18. The van der Waals surface area contributed by atoms with Gasteiger partial charge < -0.3 is 4.90 Å². The second-order valence-corrected chi connectivity index (χ2v) is 5.38. The maximum atomic E-state index is 12.1. The number of amides is 1. The van der Waals surface area contributed by atoms with Gasteiger partial charge in [-0.05, 0) is 0 Å². The predicted molar refractivity (Wildman–Crippen MR) is 67.5 cm³/mol. The molecule has 2 rings (SSSR count). The zero-order chi connectivity index (χ0) is 12.1. The van der Waals surface area contributed by atoms with E-state index in [1.165, 1.54) is 0 Å². The number of nitrogens with zero attached hydrogens (tertiary/aromatic N) is 3. The van der Waals surface area contributed by atoms with Crippen LogP contribution in [0.25, 0.3) is 0 Å². The van der Waals surface area contributed by atoms with Crippen LogP contribution in [-0.2, 0) is 4.79 Å². The number of piperazine rings is 1. The van der Waals surface area contributed by atoms with Crippen molar-refractivity contribution in [3.63, 3.8) is 0 Å². The number of carbonyl (C=O) groups excluding carboxylic acids is 1. The van der Waals surface area contributed by atoms with Crippen LogP contribution in [0.4, 0.5) is 0 Å². The van der Waals surface area contributed by atoms with Gasteiger partial charge in [-0.15, -0.1) is 11.8 Å². The minimum Gasteiger partial charge on any atom is -0.339 e. The molecule has 0 radical (unpaired) electrons. The lowest BCUT2D eigenvalue weighted by Gasteiger charge is -2.35. The summed E-state index contributed by atoms with van der Waals surface area (Å²) in [5.41, 5.74) is 0. The molecule has 1 unspecified atom stereocenters. The number of carbonyl (C=O) groups is 1. The van der Waals surface area contributed by atoms with Crippen LogP contribution in [0.15, 0.2) is 0 Å². The van der Waals surface area contributed by atoms with E-state index in [1.807, 2.05) is 4.90 Å². The quantitative estimate of drug-likeness (QED) is 0.750. The summed E-state index contributed by atoms with van der Waals surface area (Å²) in [6.07, 6.45) is 0.578. The zero-order valence-electron chi connectivity index (χ0n) is 9.89. The van der Waals surface area contributed by atoms with Crippen molar-refractivity contribution in [2.45, 2.75) is 12.5 Å². The van der Waals surface area contributed by atoms with E-state index >= 15 is 0 Å². The monoisotopic (exact) mass is 254 g/mol. The molecular formula is C11H18N4OS. The van der Waals surface area contributed by atoms with Crippen molar-refractivity contribution >= 4 is 17.7 Å². The van der Waals surface area contributed by atoms with Crippen molar-refractivity contribution in [2.75, 3.05) is 44.4 Å². The molecule has 2 saturated heterocycles. The minimum atomic E-state index is 0.0191. The SMILES string of the molecule is N#CCCN1CCN(C(=O)C2CSCN2)CC1. The summed E-state index contributed by atoms with van der Waals surface area (Å²) in [6.45, 7) is 4.22. The van der Waals surface area contributed by atoms with Gasteiger partial charge in [-0.2, -0.15) is 5.26 Å². The number of hydrogen-bond donors (Lipinski definition) is 1. The van der Waals surface area contributed by atoms with E-state index in [9.17, 15) is 4.79 Å². The summed E-state index contributed by atoms with van der Waals surface area (Å²) < 4.78 is 0. The Hall–Kier alpha value is -0.770. The lowest BCUT2D eigenvalue weighted by molar-refractivity contribution is -0.134. The van der Waals surface area contributed by atoms with Gasteiger partial charge in [0.1, 0.15) is 0 Å². The van der Waals surface area contributed by atoms with Gasteiger partial charge in [0.05, 0.1) is 12.1 Å². The van der Waals surface area contributed by atoms with Crippen LogP contribution >= 0.6 is 11.8 Å². The molecular weight excluding hydrogens is 236 g/mol. The van der Waals surface area contributed by atoms with Crippen LogP contribution < -0.4 is 5.32 Å². The van der Waals surface area contributed by atoms with Crippen molar-refractivity contribution in [3.05, 3.63) is 0 Å². The first-order valence-electron chi connectivity index (χ1n) is 6.00. The Labute approximate surface area is 106 Å². The van der Waals surface area contributed by atoms with E-state index in [2.05, 4.69) is 16.3 Å². The van der Waals surface area contributed by atoms with Crippen LogP contribution in [0.3, 0.4) is 0 Å². The van der Waals surface area contributed by atoms with Gasteiger partial charge in [0.25, 0.3) is 0 Å². The maximum Gasteiger partial charge on any atom is 0.240 e. The molecule has 1 N–H and O–H groups in total. The van der Waals surface area contributed by atoms with E-state index in [0.29, 0.717) is 6.42 Å². The third kappa shape index (κ3) is 3.35. The normalized spacial score (nSPS) is 25.8. The highest BCUT2D eigenvalue weighted by Crippen LogP contribution is 2.13. The minimum absolute atomic E-state index is 0.0191. The number of thioether (sulfide) groups is 1. The number of nitriles is 1. The van der Waals surface area contributed by atoms with Crippen LogP contribution in [-0.4, -0.2) is 66.1 Å². The molecule has 0 aliphatic carbocycles. The highest BCUT2D eigenvalue weighted by Gasteiger charge is 2.29. The Balaban J connectivity index is 1.74. The number of nitrogens with one attached hydrogen (secondary N) is 1. The first kappa shape index (κ1) is 12.7. The summed E-state index contributed by atoms with van der Waals surface area (Å²) in [5.74, 6) is 2.03. The van der Waals surface area contributed by atoms with Crippen molar-refractivity contribution in [1.29, 1.82) is 5.26 Å². The number of hydrogen-bond acceptors (Lipinski definition) is 5. The molecule has 5 nitrogen and oxygen atoms in total. The van der Waals surface area contributed by atoms with Crippen molar-refractivity contribution in [3.8, 4) is 6.07 Å². The van der Waals surface area contributed by atoms with Crippen LogP contribution in [0.1, 0.15) is 6.42 Å². The first-order valence-corrected chi connectivity index (χ1v) is 7.16. The van der Waals surface area contributed by atoms with Crippen molar-refractivity contribution < 1.29 is 4.79 Å². The van der Waals surface area contributed by atoms with Crippen LogP contribution in [0.2, 0.25) is 0 Å². The number of rotatable bonds is 3. The Morgan fingerprint density at radius 1 is 1.41 bits per heavy atom.